The predicted octanol–water partition coefficient (Wildman–Crippen LogP) is -0.498. The first-order valence-corrected chi connectivity index (χ1v) is 6.34. The molecule has 1 saturated heterocycles. The molecule has 1 aliphatic heterocycles. The molecule has 1 aliphatic rings. The Labute approximate surface area is 111 Å². The maximum Gasteiger partial charge on any atom is 0.304 e. The summed E-state index contributed by atoms with van der Waals surface area (Å²) in [6, 6.07) is 1.79. The van der Waals surface area contributed by atoms with Crippen molar-refractivity contribution in [3.8, 4) is 0 Å². The van der Waals surface area contributed by atoms with Crippen molar-refractivity contribution in [1.29, 1.82) is 0 Å². The molecule has 0 unspecified atom stereocenters. The van der Waals surface area contributed by atoms with Crippen molar-refractivity contribution in [2.24, 2.45) is 0 Å². The van der Waals surface area contributed by atoms with Gasteiger partial charge >= 0.3 is 5.97 Å². The molecule has 1 fully saturated rings. The Morgan fingerprint density at radius 1 is 1.21 bits per heavy atom. The van der Waals surface area contributed by atoms with Gasteiger partial charge in [-0.2, -0.15) is 5.10 Å². The summed E-state index contributed by atoms with van der Waals surface area (Å²) >= 11 is 0. The molecular formula is C12H18N4O3. The van der Waals surface area contributed by atoms with Gasteiger partial charge in [0.1, 0.15) is 6.54 Å². The van der Waals surface area contributed by atoms with Gasteiger partial charge < -0.3 is 10.0 Å². The topological polar surface area (TPSA) is 78.7 Å². The molecule has 1 N–H and O–H groups in total. The Bertz CT molecular complexity index is 424. The Hall–Kier alpha value is -1.89. The zero-order valence-corrected chi connectivity index (χ0v) is 10.7. The molecule has 1 aromatic rings. The van der Waals surface area contributed by atoms with Gasteiger partial charge in [0.2, 0.25) is 5.91 Å². The summed E-state index contributed by atoms with van der Waals surface area (Å²) in [5.41, 5.74) is 0. The number of carbonyl (C=O) groups excluding carboxylic acids is 1. The van der Waals surface area contributed by atoms with Gasteiger partial charge in [-0.1, -0.05) is 0 Å². The number of aliphatic carboxylic acids is 1. The van der Waals surface area contributed by atoms with Crippen LogP contribution in [0.1, 0.15) is 6.42 Å². The highest BCUT2D eigenvalue weighted by Crippen LogP contribution is 2.04. The zero-order chi connectivity index (χ0) is 13.7. The van der Waals surface area contributed by atoms with Crippen LogP contribution in [0.25, 0.3) is 0 Å². The maximum absolute atomic E-state index is 12.0. The predicted molar refractivity (Wildman–Crippen MR) is 67.5 cm³/mol. The highest BCUT2D eigenvalue weighted by Gasteiger charge is 2.21. The lowest BCUT2D eigenvalue weighted by molar-refractivity contribution is -0.138. The molecule has 7 nitrogen and oxygen atoms in total. The van der Waals surface area contributed by atoms with Crippen LogP contribution >= 0.6 is 0 Å². The van der Waals surface area contributed by atoms with Crippen molar-refractivity contribution in [2.75, 3.05) is 32.7 Å². The molecule has 0 saturated carbocycles. The molecule has 2 heterocycles. The first kappa shape index (κ1) is 13.5. The van der Waals surface area contributed by atoms with Crippen molar-refractivity contribution in [3.63, 3.8) is 0 Å². The average molecular weight is 266 g/mol. The Morgan fingerprint density at radius 2 is 1.95 bits per heavy atom. The molecule has 0 aromatic carbocycles. The molecule has 0 spiro atoms. The van der Waals surface area contributed by atoms with E-state index in [0.29, 0.717) is 19.6 Å². The number of nitrogens with zero attached hydrogens (tertiary/aromatic N) is 4. The first-order valence-electron chi connectivity index (χ1n) is 6.34. The molecule has 104 valence electrons. The van der Waals surface area contributed by atoms with Crippen molar-refractivity contribution < 1.29 is 14.7 Å². The average Bonchev–Trinajstić information content (AvgIpc) is 2.89. The maximum atomic E-state index is 12.0. The van der Waals surface area contributed by atoms with Crippen LogP contribution in [-0.2, 0) is 16.1 Å². The second-order valence-electron chi connectivity index (χ2n) is 4.57. The van der Waals surface area contributed by atoms with E-state index in [0.717, 1.165) is 13.1 Å². The third-order valence-corrected chi connectivity index (χ3v) is 3.22. The monoisotopic (exact) mass is 266 g/mol. The molecule has 0 atom stereocenters. The van der Waals surface area contributed by atoms with Gasteiger partial charge in [-0.15, -0.1) is 0 Å². The van der Waals surface area contributed by atoms with E-state index < -0.39 is 5.97 Å². The SMILES string of the molecule is O=C(O)CCN1CCN(C(=O)Cn2cccn2)CC1. The van der Waals surface area contributed by atoms with Gasteiger partial charge in [0.25, 0.3) is 0 Å². The van der Waals surface area contributed by atoms with Crippen molar-refractivity contribution in [1.82, 2.24) is 19.6 Å². The molecule has 0 bridgehead atoms. The standard InChI is InChI=1S/C12H18N4O3/c17-11(10-16-4-1-3-13-16)15-8-6-14(7-9-15)5-2-12(18)19/h1,3-4H,2,5-10H2,(H,18,19). The molecular weight excluding hydrogens is 248 g/mol. The molecule has 2 rings (SSSR count). The number of amides is 1. The summed E-state index contributed by atoms with van der Waals surface area (Å²) in [5, 5.41) is 12.6. The quantitative estimate of drug-likeness (QED) is 0.777. The number of aromatic nitrogens is 2. The van der Waals surface area contributed by atoms with Gasteiger partial charge in [-0.25, -0.2) is 0 Å². The van der Waals surface area contributed by atoms with Gasteiger partial charge in [0.15, 0.2) is 0 Å². The van der Waals surface area contributed by atoms with Crippen LogP contribution in [0.2, 0.25) is 0 Å². The number of piperazine rings is 1. The van der Waals surface area contributed by atoms with Crippen LogP contribution in [-0.4, -0.2) is 69.3 Å². The fourth-order valence-corrected chi connectivity index (χ4v) is 2.11. The highest BCUT2D eigenvalue weighted by molar-refractivity contribution is 5.76. The Morgan fingerprint density at radius 3 is 2.53 bits per heavy atom. The fraction of sp³-hybridized carbons (Fsp3) is 0.583. The van der Waals surface area contributed by atoms with Crippen molar-refractivity contribution in [3.05, 3.63) is 18.5 Å². The van der Waals surface area contributed by atoms with E-state index in [1.807, 2.05) is 0 Å². The lowest BCUT2D eigenvalue weighted by atomic mass is 10.3. The molecule has 19 heavy (non-hydrogen) atoms. The van der Waals surface area contributed by atoms with Crippen LogP contribution in [0.5, 0.6) is 0 Å². The van der Waals surface area contributed by atoms with Crippen LogP contribution in [0, 0.1) is 0 Å². The second kappa shape index (κ2) is 6.33. The normalized spacial score (nSPS) is 16.5. The van der Waals surface area contributed by atoms with E-state index in [4.69, 9.17) is 5.11 Å². The molecule has 7 heteroatoms. The van der Waals surface area contributed by atoms with Gasteiger partial charge in [-0.05, 0) is 6.07 Å². The van der Waals surface area contributed by atoms with E-state index in [2.05, 4.69) is 10.00 Å². The third kappa shape index (κ3) is 4.06. The highest BCUT2D eigenvalue weighted by atomic mass is 16.4. The van der Waals surface area contributed by atoms with Crippen LogP contribution in [0.3, 0.4) is 0 Å². The largest absolute Gasteiger partial charge is 0.481 e. The van der Waals surface area contributed by atoms with Gasteiger partial charge in [-0.3, -0.25) is 19.2 Å². The molecule has 1 amide bonds. The number of carbonyl (C=O) groups is 2. The van der Waals surface area contributed by atoms with Gasteiger partial charge in [0, 0.05) is 45.1 Å². The van der Waals surface area contributed by atoms with E-state index in [1.165, 1.54) is 0 Å². The van der Waals surface area contributed by atoms with Crippen molar-refractivity contribution in [2.45, 2.75) is 13.0 Å². The smallest absolute Gasteiger partial charge is 0.304 e. The number of hydrogen-bond acceptors (Lipinski definition) is 4. The number of hydrogen-bond donors (Lipinski definition) is 1. The summed E-state index contributed by atoms with van der Waals surface area (Å²) in [4.78, 5) is 26.4. The second-order valence-corrected chi connectivity index (χ2v) is 4.57. The number of rotatable bonds is 5. The Kier molecular flexibility index (Phi) is 4.51. The number of carboxylic acids is 1. The Balaban J connectivity index is 1.73. The van der Waals surface area contributed by atoms with Crippen LogP contribution < -0.4 is 0 Å². The van der Waals surface area contributed by atoms with E-state index in [1.54, 1.807) is 28.0 Å². The summed E-state index contributed by atoms with van der Waals surface area (Å²) in [6.07, 6.45) is 3.57. The lowest BCUT2D eigenvalue weighted by Gasteiger charge is -2.34. The summed E-state index contributed by atoms with van der Waals surface area (Å²) in [5.74, 6) is -0.723. The van der Waals surface area contributed by atoms with E-state index >= 15 is 0 Å². The van der Waals surface area contributed by atoms with Crippen LogP contribution in [0.4, 0.5) is 0 Å². The number of carboxylic acid groups (broad SMARTS) is 1. The molecule has 0 aliphatic carbocycles. The van der Waals surface area contributed by atoms with Gasteiger partial charge in [0.05, 0.1) is 6.42 Å². The molecule has 1 aromatic heterocycles. The summed E-state index contributed by atoms with van der Waals surface area (Å²) in [7, 11) is 0. The van der Waals surface area contributed by atoms with Crippen molar-refractivity contribution >= 4 is 11.9 Å². The third-order valence-electron chi connectivity index (χ3n) is 3.22. The first-order chi connectivity index (χ1) is 9.15. The lowest BCUT2D eigenvalue weighted by Crippen LogP contribution is -2.49. The zero-order valence-electron chi connectivity index (χ0n) is 10.7. The molecule has 0 radical (unpaired) electrons. The van der Waals surface area contributed by atoms with E-state index in [9.17, 15) is 9.59 Å². The summed E-state index contributed by atoms with van der Waals surface area (Å²) < 4.78 is 1.61. The van der Waals surface area contributed by atoms with Crippen LogP contribution in [0.15, 0.2) is 18.5 Å². The van der Waals surface area contributed by atoms with E-state index in [-0.39, 0.29) is 18.9 Å². The minimum absolute atomic E-state index is 0.0570. The fourth-order valence-electron chi connectivity index (χ4n) is 2.11. The minimum atomic E-state index is -0.780. The summed E-state index contributed by atoms with van der Waals surface area (Å²) in [6.45, 7) is 3.59. The minimum Gasteiger partial charge on any atom is -0.481 e.